The molecule has 3 nitrogen and oxygen atoms in total. The molecule has 20 heavy (non-hydrogen) atoms. The van der Waals surface area contributed by atoms with E-state index in [1.807, 2.05) is 7.05 Å². The first-order chi connectivity index (χ1) is 9.26. The molecule has 2 fully saturated rings. The predicted molar refractivity (Wildman–Crippen MR) is 101 cm³/mol. The lowest BCUT2D eigenvalue weighted by molar-refractivity contribution is 0.602. The minimum atomic E-state index is 0. The number of thioether (sulfide) groups is 1. The molecule has 2 saturated carbocycles. The van der Waals surface area contributed by atoms with Crippen LogP contribution in [0.5, 0.6) is 0 Å². The molecule has 0 aromatic rings. The Morgan fingerprint density at radius 1 is 1.20 bits per heavy atom. The molecule has 2 aliphatic carbocycles. The Morgan fingerprint density at radius 3 is 2.65 bits per heavy atom. The van der Waals surface area contributed by atoms with Crippen LogP contribution in [-0.4, -0.2) is 36.1 Å². The third-order valence-corrected chi connectivity index (χ3v) is 5.49. The van der Waals surface area contributed by atoms with E-state index < -0.39 is 0 Å². The summed E-state index contributed by atoms with van der Waals surface area (Å²) in [6.45, 7) is 4.53. The number of rotatable bonds is 6. The number of nitrogens with zero attached hydrogens (tertiary/aromatic N) is 1. The zero-order valence-corrected chi connectivity index (χ0v) is 16.2. The third-order valence-electron chi connectivity index (χ3n) is 4.26. The van der Waals surface area contributed by atoms with Gasteiger partial charge in [-0.1, -0.05) is 20.3 Å². The van der Waals surface area contributed by atoms with Gasteiger partial charge in [-0.3, -0.25) is 4.99 Å². The van der Waals surface area contributed by atoms with E-state index in [0.717, 1.165) is 17.1 Å². The van der Waals surface area contributed by atoms with Gasteiger partial charge in [-0.05, 0) is 43.8 Å². The standard InChI is InChI=1S/C15H29N3S.HI/c1-4-6-11-9-14(11)18-15(16-3)17-12-7-8-13(10-12)19-5-2;/h11-14H,4-10H2,1-3H3,(H2,16,17,18);1H. The van der Waals surface area contributed by atoms with Crippen molar-refractivity contribution in [1.29, 1.82) is 0 Å². The van der Waals surface area contributed by atoms with Gasteiger partial charge in [0.05, 0.1) is 0 Å². The van der Waals surface area contributed by atoms with Crippen LogP contribution in [-0.2, 0) is 0 Å². The van der Waals surface area contributed by atoms with Crippen LogP contribution in [0.15, 0.2) is 4.99 Å². The summed E-state index contributed by atoms with van der Waals surface area (Å²) in [5.74, 6) is 3.15. The lowest BCUT2D eigenvalue weighted by Crippen LogP contribution is -2.43. The van der Waals surface area contributed by atoms with Crippen molar-refractivity contribution >= 4 is 41.7 Å². The Kier molecular flexibility index (Phi) is 8.63. The minimum absolute atomic E-state index is 0. The maximum absolute atomic E-state index is 4.38. The normalized spacial score (nSPS) is 32.6. The molecule has 2 N–H and O–H groups in total. The Bertz CT molecular complexity index is 311. The molecular formula is C15H30IN3S. The molecule has 2 aliphatic rings. The van der Waals surface area contributed by atoms with Crippen LogP contribution in [0, 0.1) is 5.92 Å². The first-order valence-corrected chi connectivity index (χ1v) is 8.93. The second-order valence-corrected chi connectivity index (χ2v) is 7.42. The SMILES string of the molecule is CCCC1CC1NC(=NC)NC1CCC(SCC)C1.I. The molecule has 5 heteroatoms. The van der Waals surface area contributed by atoms with Crippen LogP contribution in [0.1, 0.15) is 52.4 Å². The molecule has 0 heterocycles. The first-order valence-electron chi connectivity index (χ1n) is 7.88. The minimum Gasteiger partial charge on any atom is -0.354 e. The number of hydrogen-bond donors (Lipinski definition) is 2. The van der Waals surface area contributed by atoms with Crippen molar-refractivity contribution in [2.24, 2.45) is 10.9 Å². The van der Waals surface area contributed by atoms with Crippen molar-refractivity contribution in [3.63, 3.8) is 0 Å². The summed E-state index contributed by atoms with van der Waals surface area (Å²) >= 11 is 2.11. The molecule has 0 bridgehead atoms. The highest BCUT2D eigenvalue weighted by Crippen LogP contribution is 2.34. The fourth-order valence-corrected chi connectivity index (χ4v) is 4.25. The zero-order chi connectivity index (χ0) is 13.7. The predicted octanol–water partition coefficient (Wildman–Crippen LogP) is 3.63. The van der Waals surface area contributed by atoms with Gasteiger partial charge >= 0.3 is 0 Å². The van der Waals surface area contributed by atoms with Gasteiger partial charge < -0.3 is 10.6 Å². The quantitative estimate of drug-likeness (QED) is 0.398. The van der Waals surface area contributed by atoms with Gasteiger partial charge in [-0.15, -0.1) is 24.0 Å². The molecule has 4 atom stereocenters. The average Bonchev–Trinajstić information content (AvgIpc) is 2.96. The molecule has 0 aromatic carbocycles. The fraction of sp³-hybridized carbons (Fsp3) is 0.933. The number of aliphatic imine (C=N–C) groups is 1. The Hall–Kier alpha value is 0.350. The van der Waals surface area contributed by atoms with Crippen LogP contribution in [0.25, 0.3) is 0 Å². The van der Waals surface area contributed by atoms with E-state index >= 15 is 0 Å². The first kappa shape index (κ1) is 18.4. The smallest absolute Gasteiger partial charge is 0.191 e. The molecular weight excluding hydrogens is 381 g/mol. The molecule has 0 aliphatic heterocycles. The van der Waals surface area contributed by atoms with Crippen molar-refractivity contribution in [3.8, 4) is 0 Å². The summed E-state index contributed by atoms with van der Waals surface area (Å²) in [4.78, 5) is 4.38. The maximum Gasteiger partial charge on any atom is 0.191 e. The summed E-state index contributed by atoms with van der Waals surface area (Å²) < 4.78 is 0. The van der Waals surface area contributed by atoms with Gasteiger partial charge in [-0.2, -0.15) is 11.8 Å². The van der Waals surface area contributed by atoms with Gasteiger partial charge in [0.2, 0.25) is 0 Å². The summed E-state index contributed by atoms with van der Waals surface area (Å²) in [6.07, 6.45) is 7.92. The average molecular weight is 411 g/mol. The lowest BCUT2D eigenvalue weighted by atomic mass is 10.2. The van der Waals surface area contributed by atoms with Crippen LogP contribution < -0.4 is 10.6 Å². The lowest BCUT2D eigenvalue weighted by Gasteiger charge is -2.17. The molecule has 0 aromatic heterocycles. The molecule has 0 spiro atoms. The van der Waals surface area contributed by atoms with Gasteiger partial charge in [0, 0.05) is 24.4 Å². The highest BCUT2D eigenvalue weighted by atomic mass is 127. The largest absolute Gasteiger partial charge is 0.354 e. The summed E-state index contributed by atoms with van der Waals surface area (Å²) in [5.41, 5.74) is 0. The van der Waals surface area contributed by atoms with E-state index in [2.05, 4.69) is 41.2 Å². The molecule has 0 amide bonds. The van der Waals surface area contributed by atoms with E-state index in [4.69, 9.17) is 0 Å². The molecule has 118 valence electrons. The van der Waals surface area contributed by atoms with Crippen molar-refractivity contribution < 1.29 is 0 Å². The van der Waals surface area contributed by atoms with Gasteiger partial charge in [0.25, 0.3) is 0 Å². The van der Waals surface area contributed by atoms with Crippen LogP contribution in [0.2, 0.25) is 0 Å². The number of guanidine groups is 1. The third kappa shape index (κ3) is 5.62. The van der Waals surface area contributed by atoms with Crippen molar-refractivity contribution in [2.45, 2.75) is 69.7 Å². The fourth-order valence-electron chi connectivity index (χ4n) is 3.11. The summed E-state index contributed by atoms with van der Waals surface area (Å²) in [6, 6.07) is 1.30. The van der Waals surface area contributed by atoms with Gasteiger partial charge in [0.15, 0.2) is 5.96 Å². The topological polar surface area (TPSA) is 36.4 Å². The highest BCUT2D eigenvalue weighted by molar-refractivity contribution is 14.0. The molecule has 0 saturated heterocycles. The highest BCUT2D eigenvalue weighted by Gasteiger charge is 2.37. The van der Waals surface area contributed by atoms with Crippen LogP contribution >= 0.6 is 35.7 Å². The van der Waals surface area contributed by atoms with Gasteiger partial charge in [-0.25, -0.2) is 0 Å². The van der Waals surface area contributed by atoms with Crippen molar-refractivity contribution in [3.05, 3.63) is 0 Å². The molecule has 0 radical (unpaired) electrons. The van der Waals surface area contributed by atoms with E-state index in [0.29, 0.717) is 12.1 Å². The Balaban J connectivity index is 0.00000200. The Labute approximate surface area is 145 Å². The van der Waals surface area contributed by atoms with Crippen molar-refractivity contribution in [1.82, 2.24) is 10.6 Å². The zero-order valence-electron chi connectivity index (χ0n) is 13.0. The number of halogens is 1. The van der Waals surface area contributed by atoms with E-state index in [-0.39, 0.29) is 24.0 Å². The Morgan fingerprint density at radius 2 is 2.00 bits per heavy atom. The molecule has 2 rings (SSSR count). The second-order valence-electron chi connectivity index (χ2n) is 5.84. The van der Waals surface area contributed by atoms with Crippen LogP contribution in [0.4, 0.5) is 0 Å². The van der Waals surface area contributed by atoms with E-state index in [1.54, 1.807) is 0 Å². The second kappa shape index (κ2) is 9.38. The maximum atomic E-state index is 4.38. The van der Waals surface area contributed by atoms with Crippen LogP contribution in [0.3, 0.4) is 0 Å². The summed E-state index contributed by atoms with van der Waals surface area (Å²) in [7, 11) is 1.89. The van der Waals surface area contributed by atoms with E-state index in [9.17, 15) is 0 Å². The molecule has 4 unspecified atom stereocenters. The summed E-state index contributed by atoms with van der Waals surface area (Å²) in [5, 5.41) is 8.05. The monoisotopic (exact) mass is 411 g/mol. The van der Waals surface area contributed by atoms with Gasteiger partial charge in [0.1, 0.15) is 0 Å². The van der Waals surface area contributed by atoms with E-state index in [1.165, 1.54) is 44.3 Å². The number of nitrogens with one attached hydrogen (secondary N) is 2. The van der Waals surface area contributed by atoms with Crippen molar-refractivity contribution in [2.75, 3.05) is 12.8 Å². The number of hydrogen-bond acceptors (Lipinski definition) is 2.